The van der Waals surface area contributed by atoms with E-state index >= 15 is 0 Å². The van der Waals surface area contributed by atoms with E-state index in [2.05, 4.69) is 10.6 Å². The molecule has 4 saturated carbocycles. The van der Waals surface area contributed by atoms with Gasteiger partial charge in [-0.25, -0.2) is 4.79 Å². The second-order valence-electron chi connectivity index (χ2n) is 9.54. The van der Waals surface area contributed by atoms with Crippen LogP contribution in [0.25, 0.3) is 0 Å². The van der Waals surface area contributed by atoms with Crippen molar-refractivity contribution in [3.05, 3.63) is 57.4 Å². The Labute approximate surface area is 175 Å². The van der Waals surface area contributed by atoms with Crippen LogP contribution in [0.1, 0.15) is 38.5 Å². The Morgan fingerprint density at radius 1 is 1.00 bits per heavy atom. The number of benzene rings is 1. The standard InChI is InChI=1S/C23H28N4O3/c1-26-21(29)6-7-27(22(26)30)14-20(28)24-18-4-2-3-5-19(18)25-23-11-15-8-16(12-23)10-17(9-15)13-23/h2-7,15-17,25H,8-14H2,1H3,(H,24,28). The molecule has 4 aliphatic carbocycles. The number of rotatable bonds is 5. The number of carbonyl (C=O) groups excluding carboxylic acids is 1. The highest BCUT2D eigenvalue weighted by molar-refractivity contribution is 5.94. The molecule has 4 fully saturated rings. The second kappa shape index (κ2) is 7.15. The Morgan fingerprint density at radius 3 is 2.23 bits per heavy atom. The highest BCUT2D eigenvalue weighted by Crippen LogP contribution is 2.56. The van der Waals surface area contributed by atoms with Gasteiger partial charge in [0.05, 0.1) is 11.4 Å². The highest BCUT2D eigenvalue weighted by Gasteiger charge is 2.51. The first-order valence-corrected chi connectivity index (χ1v) is 10.8. The van der Waals surface area contributed by atoms with Gasteiger partial charge >= 0.3 is 5.69 Å². The van der Waals surface area contributed by atoms with Crippen molar-refractivity contribution in [2.75, 3.05) is 10.6 Å². The zero-order chi connectivity index (χ0) is 20.9. The lowest BCUT2D eigenvalue weighted by atomic mass is 9.53. The normalized spacial score (nSPS) is 29.0. The van der Waals surface area contributed by atoms with Gasteiger partial charge in [-0.05, 0) is 68.4 Å². The van der Waals surface area contributed by atoms with Crippen LogP contribution in [0.2, 0.25) is 0 Å². The number of anilines is 2. The van der Waals surface area contributed by atoms with Gasteiger partial charge in [0.2, 0.25) is 5.91 Å². The number of carbonyl (C=O) groups is 1. The van der Waals surface area contributed by atoms with Crippen LogP contribution in [-0.2, 0) is 18.4 Å². The van der Waals surface area contributed by atoms with E-state index in [1.54, 1.807) is 0 Å². The maximum Gasteiger partial charge on any atom is 0.331 e. The lowest BCUT2D eigenvalue weighted by Gasteiger charge is -2.57. The third kappa shape index (κ3) is 3.46. The molecule has 1 aromatic carbocycles. The average Bonchev–Trinajstić information content (AvgIpc) is 2.69. The van der Waals surface area contributed by atoms with Gasteiger partial charge in [0.1, 0.15) is 6.54 Å². The van der Waals surface area contributed by atoms with Crippen LogP contribution in [0.4, 0.5) is 11.4 Å². The molecule has 4 aliphatic rings. The molecule has 30 heavy (non-hydrogen) atoms. The van der Waals surface area contributed by atoms with Crippen LogP contribution < -0.4 is 21.9 Å². The van der Waals surface area contributed by atoms with E-state index in [1.165, 1.54) is 62.4 Å². The van der Waals surface area contributed by atoms with E-state index in [0.29, 0.717) is 0 Å². The summed E-state index contributed by atoms with van der Waals surface area (Å²) in [6.45, 7) is -0.140. The van der Waals surface area contributed by atoms with Gasteiger partial charge in [-0.1, -0.05) is 12.1 Å². The van der Waals surface area contributed by atoms with Crippen LogP contribution in [-0.4, -0.2) is 20.6 Å². The fourth-order valence-electron chi connectivity index (χ4n) is 6.33. The first kappa shape index (κ1) is 19.2. The van der Waals surface area contributed by atoms with Crippen LogP contribution >= 0.6 is 0 Å². The Bertz CT molecular complexity index is 1060. The number of nitrogens with zero attached hydrogens (tertiary/aromatic N) is 2. The van der Waals surface area contributed by atoms with Gasteiger partial charge in [0, 0.05) is 24.8 Å². The first-order valence-electron chi connectivity index (χ1n) is 10.8. The minimum atomic E-state index is -0.502. The smallest absolute Gasteiger partial charge is 0.331 e. The summed E-state index contributed by atoms with van der Waals surface area (Å²) in [7, 11) is 1.41. The molecule has 1 aromatic heterocycles. The number of hydrogen-bond donors (Lipinski definition) is 2. The first-order chi connectivity index (χ1) is 14.4. The van der Waals surface area contributed by atoms with E-state index in [0.717, 1.165) is 33.7 Å². The molecule has 0 radical (unpaired) electrons. The van der Waals surface area contributed by atoms with Crippen molar-refractivity contribution >= 4 is 17.3 Å². The van der Waals surface area contributed by atoms with Gasteiger partial charge in [0.15, 0.2) is 0 Å². The SMILES string of the molecule is Cn1c(=O)ccn(CC(=O)Nc2ccccc2NC23CC4CC(CC(C4)C2)C3)c1=O. The molecule has 158 valence electrons. The van der Waals surface area contributed by atoms with Crippen molar-refractivity contribution in [3.63, 3.8) is 0 Å². The number of amides is 1. The van der Waals surface area contributed by atoms with Crippen LogP contribution in [0.15, 0.2) is 46.1 Å². The lowest BCUT2D eigenvalue weighted by molar-refractivity contribution is -0.116. The largest absolute Gasteiger partial charge is 0.378 e. The van der Waals surface area contributed by atoms with E-state index in [1.807, 2.05) is 24.3 Å². The molecule has 0 spiro atoms. The van der Waals surface area contributed by atoms with Gasteiger partial charge < -0.3 is 10.6 Å². The summed E-state index contributed by atoms with van der Waals surface area (Å²) in [5.41, 5.74) is 0.931. The fraction of sp³-hybridized carbons (Fsp3) is 0.522. The van der Waals surface area contributed by atoms with Crippen molar-refractivity contribution < 1.29 is 4.79 Å². The summed E-state index contributed by atoms with van der Waals surface area (Å²) in [5, 5.41) is 6.78. The second-order valence-corrected chi connectivity index (χ2v) is 9.54. The molecule has 0 unspecified atom stereocenters. The minimum absolute atomic E-state index is 0.140. The lowest BCUT2D eigenvalue weighted by Crippen LogP contribution is -2.54. The summed E-state index contributed by atoms with van der Waals surface area (Å²) in [5.74, 6) is 2.21. The molecule has 7 nitrogen and oxygen atoms in total. The molecule has 6 rings (SSSR count). The van der Waals surface area contributed by atoms with Crippen molar-refractivity contribution in [3.8, 4) is 0 Å². The van der Waals surface area contributed by atoms with E-state index in [-0.39, 0.29) is 23.6 Å². The Balaban J connectivity index is 1.33. The third-order valence-electron chi connectivity index (χ3n) is 7.21. The molecule has 1 amide bonds. The Hall–Kier alpha value is -2.83. The number of para-hydroxylation sites is 2. The predicted octanol–water partition coefficient (Wildman–Crippen LogP) is 2.57. The van der Waals surface area contributed by atoms with E-state index < -0.39 is 5.69 Å². The maximum absolute atomic E-state index is 12.7. The van der Waals surface area contributed by atoms with Crippen molar-refractivity contribution in [2.24, 2.45) is 24.8 Å². The average molecular weight is 409 g/mol. The van der Waals surface area contributed by atoms with Gasteiger partial charge in [-0.3, -0.25) is 18.7 Å². The predicted molar refractivity (Wildman–Crippen MR) is 116 cm³/mol. The van der Waals surface area contributed by atoms with Gasteiger partial charge in [-0.15, -0.1) is 0 Å². The van der Waals surface area contributed by atoms with Crippen LogP contribution in [0, 0.1) is 17.8 Å². The van der Waals surface area contributed by atoms with E-state index in [4.69, 9.17) is 0 Å². The van der Waals surface area contributed by atoms with Gasteiger partial charge in [0.25, 0.3) is 5.56 Å². The molecule has 2 aromatic rings. The molecule has 0 saturated heterocycles. The number of aromatic nitrogens is 2. The monoisotopic (exact) mass is 408 g/mol. The quantitative estimate of drug-likeness (QED) is 0.796. The van der Waals surface area contributed by atoms with Gasteiger partial charge in [-0.2, -0.15) is 0 Å². The summed E-state index contributed by atoms with van der Waals surface area (Å²) in [6.07, 6.45) is 9.16. The molecule has 0 aliphatic heterocycles. The molecular weight excluding hydrogens is 380 g/mol. The Kier molecular flexibility index (Phi) is 4.56. The molecule has 1 heterocycles. The number of nitrogens with one attached hydrogen (secondary N) is 2. The zero-order valence-corrected chi connectivity index (χ0v) is 17.3. The number of hydrogen-bond acceptors (Lipinski definition) is 4. The minimum Gasteiger partial charge on any atom is -0.378 e. The summed E-state index contributed by atoms with van der Waals surface area (Å²) < 4.78 is 2.24. The van der Waals surface area contributed by atoms with Crippen molar-refractivity contribution in [2.45, 2.75) is 50.6 Å². The zero-order valence-electron chi connectivity index (χ0n) is 17.3. The topological polar surface area (TPSA) is 85.1 Å². The van der Waals surface area contributed by atoms with Crippen LogP contribution in [0.3, 0.4) is 0 Å². The summed E-state index contributed by atoms with van der Waals surface area (Å²) in [6, 6.07) is 9.09. The molecule has 2 N–H and O–H groups in total. The van der Waals surface area contributed by atoms with Crippen molar-refractivity contribution in [1.82, 2.24) is 9.13 Å². The maximum atomic E-state index is 12.7. The third-order valence-corrected chi connectivity index (χ3v) is 7.21. The Morgan fingerprint density at radius 2 is 1.60 bits per heavy atom. The summed E-state index contributed by atoms with van der Waals surface area (Å²) in [4.78, 5) is 36.4. The fourth-order valence-corrected chi connectivity index (χ4v) is 6.33. The van der Waals surface area contributed by atoms with E-state index in [9.17, 15) is 14.4 Å². The van der Waals surface area contributed by atoms with Crippen LogP contribution in [0.5, 0.6) is 0 Å². The summed E-state index contributed by atoms with van der Waals surface area (Å²) >= 11 is 0. The molecular formula is C23H28N4O3. The molecule has 0 atom stereocenters. The molecule has 7 heteroatoms. The molecule has 4 bridgehead atoms. The van der Waals surface area contributed by atoms with Crippen molar-refractivity contribution in [1.29, 1.82) is 0 Å². The highest BCUT2D eigenvalue weighted by atomic mass is 16.2.